The zero-order chi connectivity index (χ0) is 25.1. The van der Waals surface area contributed by atoms with Crippen LogP contribution in [0.25, 0.3) is 0 Å². The van der Waals surface area contributed by atoms with E-state index in [1.807, 2.05) is 24.3 Å². The molecule has 2 fully saturated rings. The SMILES string of the molecule is O=C1c2ccccc2C(=O)c2c(NCC3CCC(CO)CC3)ccc(NCC3CCC(CO)CC3)c21. The summed E-state index contributed by atoms with van der Waals surface area (Å²) < 4.78 is 0. The molecule has 3 aliphatic rings. The van der Waals surface area contributed by atoms with Crippen LogP contribution in [-0.2, 0) is 0 Å². The fourth-order valence-electron chi connectivity index (χ4n) is 6.26. The maximum atomic E-state index is 13.7. The van der Waals surface area contributed by atoms with E-state index in [2.05, 4.69) is 10.6 Å². The van der Waals surface area contributed by atoms with E-state index < -0.39 is 0 Å². The minimum absolute atomic E-state index is 0.0983. The van der Waals surface area contributed by atoms with Gasteiger partial charge in [0.25, 0.3) is 0 Å². The van der Waals surface area contributed by atoms with Gasteiger partial charge in [0.15, 0.2) is 11.6 Å². The molecule has 0 amide bonds. The first-order valence-corrected chi connectivity index (χ1v) is 13.6. The van der Waals surface area contributed by atoms with Crippen LogP contribution in [0.4, 0.5) is 11.4 Å². The Kier molecular flexibility index (Phi) is 7.73. The molecule has 5 rings (SSSR count). The highest BCUT2D eigenvalue weighted by Gasteiger charge is 2.34. The van der Waals surface area contributed by atoms with Gasteiger partial charge in [-0.15, -0.1) is 0 Å². The first kappa shape index (κ1) is 25.0. The van der Waals surface area contributed by atoms with Crippen molar-refractivity contribution in [2.45, 2.75) is 51.4 Å². The Balaban J connectivity index is 1.38. The predicted octanol–water partition coefficient (Wildman–Crippen LogP) is 4.88. The van der Waals surface area contributed by atoms with Gasteiger partial charge >= 0.3 is 0 Å². The molecule has 0 heterocycles. The van der Waals surface area contributed by atoms with Crippen molar-refractivity contribution in [3.63, 3.8) is 0 Å². The number of carbonyl (C=O) groups excluding carboxylic acids is 2. The number of benzene rings is 2. The van der Waals surface area contributed by atoms with Gasteiger partial charge in [-0.2, -0.15) is 0 Å². The normalized spacial score (nSPS) is 25.7. The van der Waals surface area contributed by atoms with Gasteiger partial charge in [-0.05, 0) is 87.2 Å². The van der Waals surface area contributed by atoms with Gasteiger partial charge in [0.05, 0.1) is 11.1 Å². The first-order valence-electron chi connectivity index (χ1n) is 13.6. The van der Waals surface area contributed by atoms with Crippen LogP contribution in [0, 0.1) is 23.7 Å². The molecule has 2 aromatic rings. The largest absolute Gasteiger partial charge is 0.396 e. The van der Waals surface area contributed by atoms with E-state index in [1.54, 1.807) is 12.1 Å². The number of anilines is 2. The molecule has 0 unspecified atom stereocenters. The first-order chi connectivity index (χ1) is 17.6. The molecule has 2 saturated carbocycles. The van der Waals surface area contributed by atoms with E-state index in [9.17, 15) is 19.8 Å². The maximum Gasteiger partial charge on any atom is 0.196 e. The van der Waals surface area contributed by atoms with Crippen LogP contribution in [0.2, 0.25) is 0 Å². The van der Waals surface area contributed by atoms with Gasteiger partial charge in [0.1, 0.15) is 0 Å². The van der Waals surface area contributed by atoms with Crippen molar-refractivity contribution in [2.24, 2.45) is 23.7 Å². The Morgan fingerprint density at radius 3 is 1.31 bits per heavy atom. The zero-order valence-corrected chi connectivity index (χ0v) is 21.0. The number of ketones is 2. The number of rotatable bonds is 8. The summed E-state index contributed by atoms with van der Waals surface area (Å²) in [6.07, 6.45) is 8.40. The Hall–Kier alpha value is -2.70. The number of hydrogen-bond donors (Lipinski definition) is 4. The second-order valence-electron chi connectivity index (χ2n) is 11.0. The highest BCUT2D eigenvalue weighted by Crippen LogP contribution is 2.38. The standard InChI is InChI=1S/C30H38N2O4/c33-17-21-9-5-19(6-10-21)15-31-25-13-14-26(32-16-20-7-11-22(18-34)12-8-20)28-27(25)29(35)23-3-1-2-4-24(23)30(28)36/h1-4,13-14,19-22,31-34H,5-12,15-18H2. The van der Waals surface area contributed by atoms with Crippen molar-refractivity contribution >= 4 is 22.9 Å². The number of hydrogen-bond acceptors (Lipinski definition) is 6. The fourth-order valence-corrected chi connectivity index (χ4v) is 6.26. The zero-order valence-electron chi connectivity index (χ0n) is 21.0. The molecular weight excluding hydrogens is 452 g/mol. The highest BCUT2D eigenvalue weighted by molar-refractivity contribution is 6.31. The molecule has 0 bridgehead atoms. The highest BCUT2D eigenvalue weighted by atomic mass is 16.3. The molecule has 0 spiro atoms. The van der Waals surface area contributed by atoms with E-state index in [0.717, 1.165) is 75.8 Å². The van der Waals surface area contributed by atoms with Crippen LogP contribution in [0.1, 0.15) is 83.2 Å². The molecule has 0 saturated heterocycles. The lowest BCUT2D eigenvalue weighted by Gasteiger charge is -2.30. The van der Waals surface area contributed by atoms with Gasteiger partial charge in [-0.1, -0.05) is 24.3 Å². The Labute approximate surface area is 213 Å². The average molecular weight is 491 g/mol. The fraction of sp³-hybridized carbons (Fsp3) is 0.533. The number of fused-ring (bicyclic) bond motifs is 2. The molecule has 36 heavy (non-hydrogen) atoms. The summed E-state index contributed by atoms with van der Waals surface area (Å²) in [7, 11) is 0. The average Bonchev–Trinajstić information content (AvgIpc) is 2.94. The number of nitrogens with one attached hydrogen (secondary N) is 2. The maximum absolute atomic E-state index is 13.7. The second kappa shape index (κ2) is 11.1. The summed E-state index contributed by atoms with van der Waals surface area (Å²) in [6, 6.07) is 11.0. The molecule has 0 aliphatic heterocycles. The van der Waals surface area contributed by atoms with Crippen LogP contribution < -0.4 is 10.6 Å². The lowest BCUT2D eigenvalue weighted by molar-refractivity contribution is 0.0980. The van der Waals surface area contributed by atoms with Gasteiger partial charge < -0.3 is 20.8 Å². The van der Waals surface area contributed by atoms with Crippen LogP contribution in [0.15, 0.2) is 36.4 Å². The van der Waals surface area contributed by atoms with Gasteiger partial charge in [-0.3, -0.25) is 9.59 Å². The van der Waals surface area contributed by atoms with Crippen LogP contribution in [0.3, 0.4) is 0 Å². The minimum Gasteiger partial charge on any atom is -0.396 e. The summed E-state index contributed by atoms with van der Waals surface area (Å²) >= 11 is 0. The van der Waals surface area contributed by atoms with Crippen LogP contribution >= 0.6 is 0 Å². The van der Waals surface area contributed by atoms with Crippen molar-refractivity contribution in [2.75, 3.05) is 36.9 Å². The van der Waals surface area contributed by atoms with Crippen molar-refractivity contribution in [3.05, 3.63) is 58.7 Å². The van der Waals surface area contributed by atoms with E-state index in [0.29, 0.717) is 45.9 Å². The predicted molar refractivity (Wildman–Crippen MR) is 142 cm³/mol. The lowest BCUT2D eigenvalue weighted by atomic mass is 9.80. The third-order valence-electron chi connectivity index (χ3n) is 8.69. The minimum atomic E-state index is -0.0983. The Morgan fingerprint density at radius 1 is 0.583 bits per heavy atom. The number of aliphatic hydroxyl groups is 2. The van der Waals surface area contributed by atoms with Crippen molar-refractivity contribution in [1.29, 1.82) is 0 Å². The summed E-state index contributed by atoms with van der Waals surface area (Å²) in [5.74, 6) is 1.62. The van der Waals surface area contributed by atoms with Crippen molar-refractivity contribution in [1.82, 2.24) is 0 Å². The van der Waals surface area contributed by atoms with Crippen LogP contribution in [-0.4, -0.2) is 48.1 Å². The van der Waals surface area contributed by atoms with E-state index >= 15 is 0 Å². The molecule has 0 atom stereocenters. The molecule has 6 heteroatoms. The van der Waals surface area contributed by atoms with Crippen molar-refractivity contribution in [3.8, 4) is 0 Å². The molecule has 2 aromatic carbocycles. The molecule has 0 radical (unpaired) electrons. The van der Waals surface area contributed by atoms with E-state index in [4.69, 9.17) is 0 Å². The van der Waals surface area contributed by atoms with Crippen molar-refractivity contribution < 1.29 is 19.8 Å². The van der Waals surface area contributed by atoms with Crippen LogP contribution in [0.5, 0.6) is 0 Å². The Bertz CT molecular complexity index is 1010. The molecular formula is C30H38N2O4. The second-order valence-corrected chi connectivity index (χ2v) is 11.0. The van der Waals surface area contributed by atoms with Gasteiger partial charge in [0, 0.05) is 48.8 Å². The summed E-state index contributed by atoms with van der Waals surface area (Å²) in [5, 5.41) is 25.9. The lowest BCUT2D eigenvalue weighted by Crippen LogP contribution is -2.27. The smallest absolute Gasteiger partial charge is 0.196 e. The third-order valence-corrected chi connectivity index (χ3v) is 8.69. The van der Waals surface area contributed by atoms with Gasteiger partial charge in [0.2, 0.25) is 0 Å². The quantitative estimate of drug-likeness (QED) is 0.359. The van der Waals surface area contributed by atoms with E-state index in [-0.39, 0.29) is 24.8 Å². The summed E-state index contributed by atoms with van der Waals surface area (Å²) in [6.45, 7) is 2.05. The monoisotopic (exact) mass is 490 g/mol. The topological polar surface area (TPSA) is 98.7 Å². The number of aliphatic hydroxyl groups excluding tert-OH is 2. The van der Waals surface area contributed by atoms with E-state index in [1.165, 1.54) is 0 Å². The molecule has 6 nitrogen and oxygen atoms in total. The van der Waals surface area contributed by atoms with Gasteiger partial charge in [-0.25, -0.2) is 0 Å². The third kappa shape index (κ3) is 5.07. The summed E-state index contributed by atoms with van der Waals surface area (Å²) in [4.78, 5) is 27.3. The molecule has 192 valence electrons. The molecule has 4 N–H and O–H groups in total. The summed E-state index contributed by atoms with van der Waals surface area (Å²) in [5.41, 5.74) is 3.38. The molecule has 0 aromatic heterocycles. The molecule has 3 aliphatic carbocycles. The number of carbonyl (C=O) groups is 2. The Morgan fingerprint density at radius 2 is 0.944 bits per heavy atom.